The van der Waals surface area contributed by atoms with Gasteiger partial charge in [-0.3, -0.25) is 9.80 Å². The van der Waals surface area contributed by atoms with Crippen molar-refractivity contribution >= 4 is 0 Å². The third kappa shape index (κ3) is 4.34. The number of nitrogens with zero attached hydrogens (tertiary/aromatic N) is 2. The molecule has 5 nitrogen and oxygen atoms in total. The lowest BCUT2D eigenvalue weighted by Crippen LogP contribution is -2.50. The summed E-state index contributed by atoms with van der Waals surface area (Å²) in [5.41, 5.74) is 10.9. The van der Waals surface area contributed by atoms with Gasteiger partial charge < -0.3 is 16.8 Å². The number of rotatable bonds is 6. The molecule has 14 heavy (non-hydrogen) atoms. The van der Waals surface area contributed by atoms with Crippen LogP contribution < -0.4 is 16.8 Å². The van der Waals surface area contributed by atoms with Crippen LogP contribution in [-0.4, -0.2) is 68.8 Å². The van der Waals surface area contributed by atoms with E-state index in [0.717, 1.165) is 52.5 Å². The van der Waals surface area contributed by atoms with Gasteiger partial charge in [0.2, 0.25) is 0 Å². The Morgan fingerprint density at radius 1 is 0.929 bits per heavy atom. The number of nitrogens with one attached hydrogen (secondary N) is 1. The third-order valence-corrected chi connectivity index (χ3v) is 2.57. The molecule has 0 aromatic heterocycles. The average molecular weight is 201 g/mol. The van der Waals surface area contributed by atoms with Gasteiger partial charge in [0, 0.05) is 59.0 Å². The molecule has 0 radical (unpaired) electrons. The molecule has 1 rings (SSSR count). The second kappa shape index (κ2) is 7.14. The molecule has 0 aromatic rings. The number of piperazine rings is 1. The standard InChI is InChI=1S/C9H23N5/c10-1-3-12-9-14-7-5-13(4-2-11)6-8-14/h12H,1-11H2. The van der Waals surface area contributed by atoms with Crippen LogP contribution in [0.1, 0.15) is 0 Å². The Morgan fingerprint density at radius 3 is 2.14 bits per heavy atom. The highest BCUT2D eigenvalue weighted by Crippen LogP contribution is 1.98. The van der Waals surface area contributed by atoms with E-state index in [1.807, 2.05) is 0 Å². The Balaban J connectivity index is 2.03. The van der Waals surface area contributed by atoms with Crippen LogP contribution in [-0.2, 0) is 0 Å². The molecular weight excluding hydrogens is 178 g/mol. The quantitative estimate of drug-likeness (QED) is 0.437. The van der Waals surface area contributed by atoms with Crippen LogP contribution in [0, 0.1) is 0 Å². The predicted molar refractivity (Wildman–Crippen MR) is 59.0 cm³/mol. The molecule has 1 saturated heterocycles. The zero-order valence-corrected chi connectivity index (χ0v) is 8.91. The molecule has 0 amide bonds. The van der Waals surface area contributed by atoms with Crippen molar-refractivity contribution < 1.29 is 0 Å². The molecule has 0 atom stereocenters. The highest BCUT2D eigenvalue weighted by Gasteiger charge is 2.14. The largest absolute Gasteiger partial charge is 0.329 e. The summed E-state index contributed by atoms with van der Waals surface area (Å²) in [6.07, 6.45) is 0. The van der Waals surface area contributed by atoms with Crippen LogP contribution in [0.2, 0.25) is 0 Å². The summed E-state index contributed by atoms with van der Waals surface area (Å²) in [5, 5.41) is 3.31. The zero-order chi connectivity index (χ0) is 10.2. The van der Waals surface area contributed by atoms with Gasteiger partial charge in [0.05, 0.1) is 0 Å². The SMILES string of the molecule is NCCNCN1CCN(CCN)CC1. The van der Waals surface area contributed by atoms with Gasteiger partial charge in [-0.05, 0) is 0 Å². The van der Waals surface area contributed by atoms with E-state index < -0.39 is 0 Å². The molecule has 1 aliphatic heterocycles. The molecule has 0 spiro atoms. The van der Waals surface area contributed by atoms with Gasteiger partial charge in [-0.2, -0.15) is 0 Å². The van der Waals surface area contributed by atoms with E-state index in [1.54, 1.807) is 0 Å². The minimum absolute atomic E-state index is 0.715. The highest BCUT2D eigenvalue weighted by atomic mass is 15.3. The first-order valence-electron chi connectivity index (χ1n) is 5.42. The summed E-state index contributed by atoms with van der Waals surface area (Å²) >= 11 is 0. The van der Waals surface area contributed by atoms with E-state index in [9.17, 15) is 0 Å². The predicted octanol–water partition coefficient (Wildman–Crippen LogP) is -1.93. The van der Waals surface area contributed by atoms with E-state index >= 15 is 0 Å². The Kier molecular flexibility index (Phi) is 6.05. The molecule has 5 N–H and O–H groups in total. The van der Waals surface area contributed by atoms with E-state index in [2.05, 4.69) is 15.1 Å². The summed E-state index contributed by atoms with van der Waals surface area (Å²) < 4.78 is 0. The summed E-state index contributed by atoms with van der Waals surface area (Å²) in [6, 6.07) is 0. The van der Waals surface area contributed by atoms with E-state index in [1.165, 1.54) is 0 Å². The first kappa shape index (κ1) is 11.9. The Bertz CT molecular complexity index is 133. The van der Waals surface area contributed by atoms with E-state index in [0.29, 0.717) is 6.54 Å². The fraction of sp³-hybridized carbons (Fsp3) is 1.00. The average Bonchev–Trinajstić information content (AvgIpc) is 2.21. The lowest BCUT2D eigenvalue weighted by Gasteiger charge is -2.34. The van der Waals surface area contributed by atoms with E-state index in [-0.39, 0.29) is 0 Å². The smallest absolute Gasteiger partial charge is 0.0481 e. The van der Waals surface area contributed by atoms with Gasteiger partial charge in [-0.25, -0.2) is 0 Å². The molecule has 0 unspecified atom stereocenters. The molecule has 0 bridgehead atoms. The molecule has 0 aliphatic carbocycles. The summed E-state index contributed by atoms with van der Waals surface area (Å²) in [6.45, 7) is 8.94. The van der Waals surface area contributed by atoms with Crippen molar-refractivity contribution in [3.63, 3.8) is 0 Å². The number of hydrogen-bond donors (Lipinski definition) is 3. The molecule has 0 aromatic carbocycles. The highest BCUT2D eigenvalue weighted by molar-refractivity contribution is 4.71. The molecule has 0 saturated carbocycles. The molecule has 1 heterocycles. The monoisotopic (exact) mass is 201 g/mol. The number of hydrogen-bond acceptors (Lipinski definition) is 5. The van der Waals surface area contributed by atoms with Crippen LogP contribution in [0.15, 0.2) is 0 Å². The van der Waals surface area contributed by atoms with Crippen LogP contribution in [0.25, 0.3) is 0 Å². The van der Waals surface area contributed by atoms with Crippen LogP contribution in [0.5, 0.6) is 0 Å². The lowest BCUT2D eigenvalue weighted by molar-refractivity contribution is 0.128. The first-order valence-corrected chi connectivity index (χ1v) is 5.42. The minimum Gasteiger partial charge on any atom is -0.329 e. The number of nitrogens with two attached hydrogens (primary N) is 2. The minimum atomic E-state index is 0.715. The molecule has 84 valence electrons. The van der Waals surface area contributed by atoms with E-state index in [4.69, 9.17) is 11.5 Å². The van der Waals surface area contributed by atoms with Crippen molar-refractivity contribution in [1.29, 1.82) is 0 Å². The maximum Gasteiger partial charge on any atom is 0.0481 e. The third-order valence-electron chi connectivity index (χ3n) is 2.57. The molecule has 5 heteroatoms. The van der Waals surface area contributed by atoms with Gasteiger partial charge in [0.1, 0.15) is 0 Å². The van der Waals surface area contributed by atoms with Crippen LogP contribution in [0.4, 0.5) is 0 Å². The van der Waals surface area contributed by atoms with Crippen molar-refractivity contribution in [1.82, 2.24) is 15.1 Å². The van der Waals surface area contributed by atoms with Gasteiger partial charge in [0.25, 0.3) is 0 Å². The second-order valence-electron chi connectivity index (χ2n) is 3.70. The van der Waals surface area contributed by atoms with Crippen molar-refractivity contribution in [2.45, 2.75) is 0 Å². The first-order chi connectivity index (χ1) is 6.86. The van der Waals surface area contributed by atoms with Gasteiger partial charge in [-0.15, -0.1) is 0 Å². The maximum atomic E-state index is 5.51. The Hall–Kier alpha value is -0.200. The topological polar surface area (TPSA) is 70.5 Å². The van der Waals surface area contributed by atoms with Crippen LogP contribution in [0.3, 0.4) is 0 Å². The van der Waals surface area contributed by atoms with Crippen molar-refractivity contribution in [2.75, 3.05) is 59.0 Å². The maximum absolute atomic E-state index is 5.51. The van der Waals surface area contributed by atoms with Crippen molar-refractivity contribution in [3.05, 3.63) is 0 Å². The summed E-state index contributed by atoms with van der Waals surface area (Å²) in [5.74, 6) is 0. The summed E-state index contributed by atoms with van der Waals surface area (Å²) in [4.78, 5) is 4.84. The molecular formula is C9H23N5. The Labute approximate surface area is 86.4 Å². The Morgan fingerprint density at radius 2 is 1.57 bits per heavy atom. The van der Waals surface area contributed by atoms with Gasteiger partial charge >= 0.3 is 0 Å². The van der Waals surface area contributed by atoms with Gasteiger partial charge in [0.15, 0.2) is 0 Å². The van der Waals surface area contributed by atoms with Gasteiger partial charge in [-0.1, -0.05) is 0 Å². The second-order valence-corrected chi connectivity index (χ2v) is 3.70. The molecule has 1 aliphatic rings. The van der Waals surface area contributed by atoms with Crippen LogP contribution >= 0.6 is 0 Å². The lowest BCUT2D eigenvalue weighted by atomic mass is 10.3. The molecule has 1 fully saturated rings. The van der Waals surface area contributed by atoms with Crippen molar-refractivity contribution in [2.24, 2.45) is 11.5 Å². The van der Waals surface area contributed by atoms with Crippen molar-refractivity contribution in [3.8, 4) is 0 Å². The fourth-order valence-corrected chi connectivity index (χ4v) is 1.69. The zero-order valence-electron chi connectivity index (χ0n) is 8.91. The normalized spacial score (nSPS) is 20.1. The summed E-state index contributed by atoms with van der Waals surface area (Å²) in [7, 11) is 0. The fourth-order valence-electron chi connectivity index (χ4n) is 1.69.